The molecule has 0 aromatic heterocycles. The number of rotatable bonds is 8. The summed E-state index contributed by atoms with van der Waals surface area (Å²) >= 11 is 0. The molecule has 3 N–H and O–H groups in total. The lowest BCUT2D eigenvalue weighted by Crippen LogP contribution is -2.18. The zero-order valence-electron chi connectivity index (χ0n) is 18.3. The Bertz CT molecular complexity index is 1150. The maximum absolute atomic E-state index is 12.7. The quantitative estimate of drug-likeness (QED) is 0.358. The third kappa shape index (κ3) is 5.59. The number of nitrogens with one attached hydrogen (secondary N) is 2. The van der Waals surface area contributed by atoms with Gasteiger partial charge in [-0.2, -0.15) is 5.10 Å². The van der Waals surface area contributed by atoms with Gasteiger partial charge in [0.15, 0.2) is 11.5 Å². The molecule has 0 saturated heterocycles. The van der Waals surface area contributed by atoms with E-state index < -0.39 is 11.8 Å². The maximum atomic E-state index is 12.7. The summed E-state index contributed by atoms with van der Waals surface area (Å²) in [6.45, 7) is 0. The second-order valence-electron chi connectivity index (χ2n) is 6.70. The molecule has 33 heavy (non-hydrogen) atoms. The number of carbonyl (C=O) groups excluding carboxylic acids is 2. The molecule has 0 aliphatic carbocycles. The number of phenolic OH excluding ortho intramolecular Hbond substituents is 1. The van der Waals surface area contributed by atoms with E-state index in [2.05, 4.69) is 15.8 Å². The fourth-order valence-electron chi connectivity index (χ4n) is 2.94. The van der Waals surface area contributed by atoms with E-state index in [0.29, 0.717) is 39.6 Å². The van der Waals surface area contributed by atoms with Crippen LogP contribution >= 0.6 is 0 Å². The van der Waals surface area contributed by atoms with E-state index in [9.17, 15) is 14.7 Å². The summed E-state index contributed by atoms with van der Waals surface area (Å²) in [6, 6.07) is 16.0. The van der Waals surface area contributed by atoms with Crippen LogP contribution in [0.5, 0.6) is 23.0 Å². The number of para-hydroxylation sites is 1. The first kappa shape index (κ1) is 23.1. The Morgan fingerprint density at radius 3 is 2.06 bits per heavy atom. The van der Waals surface area contributed by atoms with E-state index in [0.717, 1.165) is 0 Å². The molecule has 0 aliphatic rings. The number of amides is 2. The Hall–Kier alpha value is -4.53. The van der Waals surface area contributed by atoms with Crippen molar-refractivity contribution in [1.82, 2.24) is 5.43 Å². The standard InChI is InChI=1S/C24H23N3O6/c1-31-20-12-17(13-21(32-2)22(20)33-3)23(29)26-18-10-8-15(9-11-18)24(30)27-25-14-16-6-4-5-7-19(16)28/h4-14,28H,1-3H3,(H,26,29)(H,27,30)/b25-14+. The number of aromatic hydroxyl groups is 1. The highest BCUT2D eigenvalue weighted by Gasteiger charge is 2.17. The number of benzene rings is 3. The van der Waals surface area contributed by atoms with E-state index in [4.69, 9.17) is 14.2 Å². The largest absolute Gasteiger partial charge is 0.507 e. The molecule has 0 radical (unpaired) electrons. The summed E-state index contributed by atoms with van der Waals surface area (Å²) in [6.07, 6.45) is 1.35. The molecule has 2 amide bonds. The van der Waals surface area contributed by atoms with Crippen molar-refractivity contribution in [1.29, 1.82) is 0 Å². The van der Waals surface area contributed by atoms with E-state index in [-0.39, 0.29) is 5.75 Å². The van der Waals surface area contributed by atoms with Crippen molar-refractivity contribution in [3.8, 4) is 23.0 Å². The van der Waals surface area contributed by atoms with Gasteiger partial charge >= 0.3 is 0 Å². The predicted octanol–water partition coefficient (Wildman–Crippen LogP) is 3.43. The van der Waals surface area contributed by atoms with Gasteiger partial charge in [-0.3, -0.25) is 9.59 Å². The Kier molecular flexibility index (Phi) is 7.48. The van der Waals surface area contributed by atoms with Gasteiger partial charge in [0.25, 0.3) is 11.8 Å². The molecule has 0 fully saturated rings. The maximum Gasteiger partial charge on any atom is 0.271 e. The Morgan fingerprint density at radius 1 is 0.848 bits per heavy atom. The van der Waals surface area contributed by atoms with E-state index >= 15 is 0 Å². The molecular formula is C24H23N3O6. The highest BCUT2D eigenvalue weighted by molar-refractivity contribution is 6.05. The number of carbonyl (C=O) groups is 2. The molecule has 9 nitrogen and oxygen atoms in total. The predicted molar refractivity (Wildman–Crippen MR) is 124 cm³/mol. The molecule has 0 unspecified atom stereocenters. The molecule has 170 valence electrons. The van der Waals surface area contributed by atoms with Gasteiger partial charge in [0, 0.05) is 22.4 Å². The first-order valence-corrected chi connectivity index (χ1v) is 9.79. The van der Waals surface area contributed by atoms with E-state index in [1.165, 1.54) is 33.6 Å². The summed E-state index contributed by atoms with van der Waals surface area (Å²) in [5.74, 6) is 0.333. The van der Waals surface area contributed by atoms with Crippen molar-refractivity contribution in [2.45, 2.75) is 0 Å². The number of anilines is 1. The topological polar surface area (TPSA) is 118 Å². The average molecular weight is 449 g/mol. The van der Waals surface area contributed by atoms with Crippen LogP contribution in [-0.2, 0) is 0 Å². The second-order valence-corrected chi connectivity index (χ2v) is 6.70. The normalized spacial score (nSPS) is 10.5. The number of hydrazone groups is 1. The zero-order valence-corrected chi connectivity index (χ0v) is 18.3. The van der Waals surface area contributed by atoms with Crippen molar-refractivity contribution in [2.75, 3.05) is 26.6 Å². The highest BCUT2D eigenvalue weighted by atomic mass is 16.5. The van der Waals surface area contributed by atoms with Gasteiger partial charge < -0.3 is 24.6 Å². The molecule has 3 aromatic carbocycles. The van der Waals surface area contributed by atoms with Crippen molar-refractivity contribution in [3.63, 3.8) is 0 Å². The molecule has 0 bridgehead atoms. The van der Waals surface area contributed by atoms with Gasteiger partial charge in [-0.1, -0.05) is 12.1 Å². The Morgan fingerprint density at radius 2 is 1.48 bits per heavy atom. The third-order valence-electron chi connectivity index (χ3n) is 4.64. The Balaban J connectivity index is 1.66. The molecule has 0 heterocycles. The molecule has 3 rings (SSSR count). The summed E-state index contributed by atoms with van der Waals surface area (Å²) in [7, 11) is 4.42. The van der Waals surface area contributed by atoms with Gasteiger partial charge in [0.2, 0.25) is 5.75 Å². The highest BCUT2D eigenvalue weighted by Crippen LogP contribution is 2.38. The molecule has 9 heteroatoms. The minimum absolute atomic E-state index is 0.0580. The summed E-state index contributed by atoms with van der Waals surface area (Å²) in [5.41, 5.74) is 4.01. The van der Waals surface area contributed by atoms with Gasteiger partial charge in [0.1, 0.15) is 5.75 Å². The van der Waals surface area contributed by atoms with E-state index in [1.807, 2.05) is 0 Å². The minimum atomic E-state index is -0.441. The molecular weight excluding hydrogens is 426 g/mol. The van der Waals surface area contributed by atoms with Crippen molar-refractivity contribution in [2.24, 2.45) is 5.10 Å². The summed E-state index contributed by atoms with van der Waals surface area (Å²) in [4.78, 5) is 25.0. The van der Waals surface area contributed by atoms with Crippen LogP contribution in [0.15, 0.2) is 65.8 Å². The molecule has 3 aromatic rings. The number of methoxy groups -OCH3 is 3. The average Bonchev–Trinajstić information content (AvgIpc) is 2.84. The number of phenols is 1. The van der Waals surface area contributed by atoms with Gasteiger partial charge in [-0.25, -0.2) is 5.43 Å². The zero-order chi connectivity index (χ0) is 23.8. The lowest BCUT2D eigenvalue weighted by atomic mass is 10.1. The second kappa shape index (κ2) is 10.7. The Labute approximate surface area is 190 Å². The van der Waals surface area contributed by atoms with E-state index in [1.54, 1.807) is 54.6 Å². The monoisotopic (exact) mass is 449 g/mol. The fourth-order valence-corrected chi connectivity index (χ4v) is 2.94. The van der Waals surface area contributed by atoms with Crippen LogP contribution in [0.3, 0.4) is 0 Å². The third-order valence-corrected chi connectivity index (χ3v) is 4.64. The van der Waals surface area contributed by atoms with Crippen LogP contribution in [0, 0.1) is 0 Å². The van der Waals surface area contributed by atoms with Crippen LogP contribution in [0.2, 0.25) is 0 Å². The van der Waals surface area contributed by atoms with Crippen LogP contribution in [0.1, 0.15) is 26.3 Å². The van der Waals surface area contributed by atoms with Gasteiger partial charge in [0.05, 0.1) is 27.5 Å². The van der Waals surface area contributed by atoms with Gasteiger partial charge in [-0.15, -0.1) is 0 Å². The van der Waals surface area contributed by atoms with Crippen LogP contribution in [0.4, 0.5) is 5.69 Å². The summed E-state index contributed by atoms with van der Waals surface area (Å²) < 4.78 is 15.8. The number of ether oxygens (including phenoxy) is 3. The minimum Gasteiger partial charge on any atom is -0.507 e. The lowest BCUT2D eigenvalue weighted by Gasteiger charge is -2.14. The number of hydrogen-bond acceptors (Lipinski definition) is 7. The van der Waals surface area contributed by atoms with Gasteiger partial charge in [-0.05, 0) is 48.5 Å². The van der Waals surface area contributed by atoms with Crippen molar-refractivity contribution < 1.29 is 28.9 Å². The fraction of sp³-hybridized carbons (Fsp3) is 0.125. The lowest BCUT2D eigenvalue weighted by molar-refractivity contribution is 0.0954. The SMILES string of the molecule is COc1cc(C(=O)Nc2ccc(C(=O)N/N=C/c3ccccc3O)cc2)cc(OC)c1OC. The van der Waals surface area contributed by atoms with Crippen LogP contribution < -0.4 is 25.0 Å². The van der Waals surface area contributed by atoms with Crippen molar-refractivity contribution >= 4 is 23.7 Å². The first-order chi connectivity index (χ1) is 16.0. The van der Waals surface area contributed by atoms with Crippen LogP contribution in [-0.4, -0.2) is 44.5 Å². The number of hydrogen-bond donors (Lipinski definition) is 3. The van der Waals surface area contributed by atoms with Crippen LogP contribution in [0.25, 0.3) is 0 Å². The summed E-state index contributed by atoms with van der Waals surface area (Å²) in [5, 5.41) is 16.3. The smallest absolute Gasteiger partial charge is 0.271 e. The molecule has 0 aliphatic heterocycles. The van der Waals surface area contributed by atoms with Crippen molar-refractivity contribution in [3.05, 3.63) is 77.4 Å². The first-order valence-electron chi connectivity index (χ1n) is 9.79. The molecule has 0 saturated carbocycles. The molecule has 0 atom stereocenters. The molecule has 0 spiro atoms. The number of nitrogens with zero attached hydrogens (tertiary/aromatic N) is 1.